The van der Waals surface area contributed by atoms with Crippen LogP contribution in [0.25, 0.3) is 0 Å². The van der Waals surface area contributed by atoms with E-state index < -0.39 is 17.6 Å². The van der Waals surface area contributed by atoms with Crippen LogP contribution in [-0.2, 0) is 13.3 Å². The summed E-state index contributed by atoms with van der Waals surface area (Å²) in [4.78, 5) is 0. The Labute approximate surface area is 237 Å². The zero-order valence-electron chi connectivity index (χ0n) is 24.4. The monoisotopic (exact) mass is 570 g/mol. The van der Waals surface area contributed by atoms with Crippen LogP contribution >= 0.6 is 0 Å². The lowest BCUT2D eigenvalue weighted by atomic mass is 10.3. The number of benzene rings is 3. The molecule has 3 aromatic rings. The molecule has 0 fully saturated rings. The molecule has 8 heteroatoms. The fraction of sp³-hybridized carbons (Fsp3) is 0.419. The van der Waals surface area contributed by atoms with E-state index in [9.17, 15) is 0 Å². The smallest absolute Gasteiger partial charge is 0.483 e. The van der Waals surface area contributed by atoms with E-state index in [2.05, 4.69) is 20.8 Å². The topological polar surface area (TPSA) is 55.4 Å². The Balaban J connectivity index is 0.000000377. The molecule has 1 unspecified atom stereocenters. The molecule has 0 aromatic heterocycles. The summed E-state index contributed by atoms with van der Waals surface area (Å²) < 4.78 is 35.4. The summed E-state index contributed by atoms with van der Waals surface area (Å²) >= 11 is 0. The van der Waals surface area contributed by atoms with Gasteiger partial charge in [-0.2, -0.15) is 0 Å². The van der Waals surface area contributed by atoms with Crippen molar-refractivity contribution in [2.24, 2.45) is 0 Å². The Bertz CT molecular complexity index is 894. The molecular formula is C31H46O6Si2. The van der Waals surface area contributed by atoms with Crippen LogP contribution in [0, 0.1) is 0 Å². The van der Waals surface area contributed by atoms with Gasteiger partial charge in [-0.15, -0.1) is 0 Å². The average Bonchev–Trinajstić information content (AvgIpc) is 2.97. The van der Waals surface area contributed by atoms with Crippen LogP contribution in [0.2, 0.25) is 11.6 Å². The van der Waals surface area contributed by atoms with Gasteiger partial charge in [0.1, 0.15) is 17.2 Å². The highest BCUT2D eigenvalue weighted by Crippen LogP contribution is 2.29. The number of para-hydroxylation sites is 3. The van der Waals surface area contributed by atoms with Gasteiger partial charge in [0.05, 0.1) is 6.04 Å². The third-order valence-corrected chi connectivity index (χ3v) is 12.1. The van der Waals surface area contributed by atoms with E-state index in [4.69, 9.17) is 26.6 Å². The molecule has 0 amide bonds. The molecule has 3 rings (SSSR count). The Kier molecular flexibility index (Phi) is 14.9. The first-order chi connectivity index (χ1) is 19.0. The van der Waals surface area contributed by atoms with Crippen LogP contribution in [0.3, 0.4) is 0 Å². The second-order valence-corrected chi connectivity index (χ2v) is 15.2. The minimum atomic E-state index is -3.06. The van der Waals surface area contributed by atoms with E-state index in [1.807, 2.05) is 91.0 Å². The minimum Gasteiger partial charge on any atom is -0.483 e. The lowest BCUT2D eigenvalue weighted by Crippen LogP contribution is -2.54. The fourth-order valence-corrected chi connectivity index (χ4v) is 9.22. The van der Waals surface area contributed by atoms with E-state index in [-0.39, 0.29) is 0 Å². The summed E-state index contributed by atoms with van der Waals surface area (Å²) in [6.07, 6.45) is 5.46. The van der Waals surface area contributed by atoms with Gasteiger partial charge in [-0.1, -0.05) is 94.6 Å². The molecular weight excluding hydrogens is 525 g/mol. The van der Waals surface area contributed by atoms with Crippen LogP contribution in [0.15, 0.2) is 91.0 Å². The predicted octanol–water partition coefficient (Wildman–Crippen LogP) is 8.41. The number of rotatable bonds is 16. The summed E-state index contributed by atoms with van der Waals surface area (Å²) in [5.74, 6) is 2.31. The summed E-state index contributed by atoms with van der Waals surface area (Å²) in [7, 11) is -0.423. The molecule has 0 radical (unpaired) electrons. The van der Waals surface area contributed by atoms with E-state index >= 15 is 0 Å². The zero-order chi connectivity index (χ0) is 28.4. The minimum absolute atomic E-state index is 0.377. The Morgan fingerprint density at radius 3 is 1.26 bits per heavy atom. The average molecular weight is 571 g/mol. The highest BCUT2D eigenvalue weighted by atomic mass is 28.4. The molecule has 39 heavy (non-hydrogen) atoms. The Morgan fingerprint density at radius 1 is 0.564 bits per heavy atom. The van der Waals surface area contributed by atoms with E-state index in [0.29, 0.717) is 5.54 Å². The quantitative estimate of drug-likeness (QED) is 0.127. The fourth-order valence-electron chi connectivity index (χ4n) is 4.27. The summed E-state index contributed by atoms with van der Waals surface area (Å²) in [5.41, 5.74) is 0.377. The van der Waals surface area contributed by atoms with Gasteiger partial charge in [-0.05, 0) is 49.2 Å². The summed E-state index contributed by atoms with van der Waals surface area (Å²) in [6.45, 7) is 6.46. The predicted molar refractivity (Wildman–Crippen MR) is 162 cm³/mol. The lowest BCUT2D eigenvalue weighted by Gasteiger charge is -2.30. The van der Waals surface area contributed by atoms with Crippen molar-refractivity contribution in [3.05, 3.63) is 91.0 Å². The van der Waals surface area contributed by atoms with E-state index in [0.717, 1.165) is 55.4 Å². The summed E-state index contributed by atoms with van der Waals surface area (Å²) in [5, 5.41) is 0. The largest absolute Gasteiger partial charge is 0.699 e. The van der Waals surface area contributed by atoms with Gasteiger partial charge >= 0.3 is 17.6 Å². The standard InChI is InChI=1S/C23H26O3Si.C8H20O3Si/c1-2-3-13-20-27(24-21-14-7-4-8-15-21,25-22-16-9-5-10-17-22)26-23-18-11-6-12-19-23;1-6-7-8(2)12(9-3,10-4)11-5/h4-12,14-19H,2-3,13,20H2,1H3;8H,6-7H2,1-5H3. The van der Waals surface area contributed by atoms with Crippen LogP contribution in [0.5, 0.6) is 17.2 Å². The SMILES string of the molecule is CCCC(C)[Si](OC)(OC)OC.CCCCC[Si](Oc1ccccc1)(Oc1ccccc1)Oc1ccccc1. The third-order valence-electron chi connectivity index (χ3n) is 6.31. The molecule has 6 nitrogen and oxygen atoms in total. The number of unbranched alkanes of at least 4 members (excludes halogenated alkanes) is 2. The van der Waals surface area contributed by atoms with Crippen molar-refractivity contribution in [2.75, 3.05) is 21.3 Å². The highest BCUT2D eigenvalue weighted by molar-refractivity contribution is 6.63. The van der Waals surface area contributed by atoms with Gasteiger partial charge in [0.25, 0.3) is 0 Å². The molecule has 0 aliphatic carbocycles. The first-order valence-electron chi connectivity index (χ1n) is 13.8. The van der Waals surface area contributed by atoms with Crippen molar-refractivity contribution < 1.29 is 26.6 Å². The van der Waals surface area contributed by atoms with Crippen LogP contribution < -0.4 is 13.3 Å². The Morgan fingerprint density at radius 2 is 0.949 bits per heavy atom. The van der Waals surface area contributed by atoms with Crippen LogP contribution in [0.1, 0.15) is 52.9 Å². The molecule has 0 aliphatic heterocycles. The Hall–Kier alpha value is -2.63. The van der Waals surface area contributed by atoms with Gasteiger partial charge in [-0.3, -0.25) is 0 Å². The molecule has 0 N–H and O–H groups in total. The first kappa shape index (κ1) is 32.6. The molecule has 0 saturated carbocycles. The molecule has 0 heterocycles. The van der Waals surface area contributed by atoms with Gasteiger partial charge in [0.2, 0.25) is 0 Å². The lowest BCUT2D eigenvalue weighted by molar-refractivity contribution is 0.111. The van der Waals surface area contributed by atoms with Crippen LogP contribution in [0.4, 0.5) is 0 Å². The number of hydrogen-bond donors (Lipinski definition) is 0. The molecule has 1 atom stereocenters. The second-order valence-electron chi connectivity index (χ2n) is 9.29. The first-order valence-corrected chi connectivity index (χ1v) is 17.6. The highest BCUT2D eigenvalue weighted by Gasteiger charge is 2.48. The van der Waals surface area contributed by atoms with Gasteiger partial charge in [-0.25, -0.2) is 0 Å². The molecule has 0 aliphatic rings. The maximum Gasteiger partial charge on any atom is 0.699 e. The number of hydrogen-bond acceptors (Lipinski definition) is 6. The van der Waals surface area contributed by atoms with Gasteiger partial charge < -0.3 is 26.6 Å². The molecule has 0 spiro atoms. The maximum atomic E-state index is 6.45. The molecule has 0 bridgehead atoms. The molecule has 3 aromatic carbocycles. The second kappa shape index (κ2) is 17.9. The maximum absolute atomic E-state index is 6.45. The molecule has 214 valence electrons. The van der Waals surface area contributed by atoms with Crippen molar-refractivity contribution in [3.63, 3.8) is 0 Å². The normalized spacial score (nSPS) is 12.2. The van der Waals surface area contributed by atoms with Crippen molar-refractivity contribution in [3.8, 4) is 17.2 Å². The zero-order valence-corrected chi connectivity index (χ0v) is 26.4. The van der Waals surface area contributed by atoms with Gasteiger partial charge in [0.15, 0.2) is 0 Å². The third kappa shape index (κ3) is 10.8. The summed E-state index contributed by atoms with van der Waals surface area (Å²) in [6, 6.07) is 30.2. The van der Waals surface area contributed by atoms with Crippen molar-refractivity contribution >= 4 is 17.6 Å². The van der Waals surface area contributed by atoms with Crippen molar-refractivity contribution in [1.29, 1.82) is 0 Å². The van der Waals surface area contributed by atoms with Gasteiger partial charge in [0, 0.05) is 26.9 Å². The van der Waals surface area contributed by atoms with E-state index in [1.165, 1.54) is 0 Å². The van der Waals surface area contributed by atoms with Crippen LogP contribution in [-0.4, -0.2) is 38.9 Å². The van der Waals surface area contributed by atoms with E-state index in [1.54, 1.807) is 21.3 Å². The van der Waals surface area contributed by atoms with Crippen molar-refractivity contribution in [1.82, 2.24) is 0 Å². The molecule has 0 saturated heterocycles. The van der Waals surface area contributed by atoms with Crippen molar-refractivity contribution in [2.45, 2.75) is 64.5 Å².